The molecule has 1 amide bonds. The summed E-state index contributed by atoms with van der Waals surface area (Å²) in [5.41, 5.74) is 0. The van der Waals surface area contributed by atoms with Crippen LogP contribution >= 0.6 is 0 Å². The highest BCUT2D eigenvalue weighted by Crippen LogP contribution is 2.22. The Kier molecular flexibility index (Phi) is 2.90. The molecule has 0 saturated carbocycles. The van der Waals surface area contributed by atoms with Gasteiger partial charge in [0, 0.05) is 12.1 Å². The normalized spacial score (nSPS) is 30.0. The third kappa shape index (κ3) is 1.68. The van der Waals surface area contributed by atoms with Gasteiger partial charge in [-0.25, -0.2) is 0 Å². The van der Waals surface area contributed by atoms with Crippen molar-refractivity contribution in [3.8, 4) is 0 Å². The van der Waals surface area contributed by atoms with Gasteiger partial charge in [-0.1, -0.05) is 6.58 Å². The van der Waals surface area contributed by atoms with Crippen LogP contribution in [0.3, 0.4) is 0 Å². The molecular weight excluding hydrogens is 150 g/mol. The highest BCUT2D eigenvalue weighted by atomic mass is 16.2. The molecule has 1 aliphatic heterocycles. The van der Waals surface area contributed by atoms with Crippen LogP contribution in [0.15, 0.2) is 12.7 Å². The van der Waals surface area contributed by atoms with Crippen molar-refractivity contribution >= 4 is 5.91 Å². The Bertz CT molecular complexity index is 178. The van der Waals surface area contributed by atoms with Crippen molar-refractivity contribution in [3.63, 3.8) is 0 Å². The van der Waals surface area contributed by atoms with E-state index in [0.717, 1.165) is 12.8 Å². The van der Waals surface area contributed by atoms with Gasteiger partial charge in [-0.15, -0.1) is 0 Å². The molecule has 0 spiro atoms. The zero-order valence-electron chi connectivity index (χ0n) is 7.92. The number of piperidine rings is 1. The number of carbonyl (C=O) groups excluding carboxylic acids is 1. The second-order valence-electron chi connectivity index (χ2n) is 3.58. The Morgan fingerprint density at radius 3 is 2.33 bits per heavy atom. The monoisotopic (exact) mass is 167 g/mol. The molecule has 12 heavy (non-hydrogen) atoms. The van der Waals surface area contributed by atoms with E-state index in [0.29, 0.717) is 12.1 Å². The standard InChI is InChI=1S/C10H17NO/c1-4-10(12)11-8(2)6-5-7-9(11)3/h4,8-9H,1,5-7H2,2-3H3. The molecule has 2 nitrogen and oxygen atoms in total. The number of carbonyl (C=O) groups is 1. The van der Waals surface area contributed by atoms with Crippen LogP contribution in [0, 0.1) is 0 Å². The van der Waals surface area contributed by atoms with E-state index in [1.807, 2.05) is 4.90 Å². The number of hydrogen-bond donors (Lipinski definition) is 0. The maximum absolute atomic E-state index is 11.4. The van der Waals surface area contributed by atoms with Gasteiger partial charge in [0.1, 0.15) is 0 Å². The summed E-state index contributed by atoms with van der Waals surface area (Å²) in [6.45, 7) is 7.73. The SMILES string of the molecule is C=CC(=O)N1C(C)CCCC1C. The Morgan fingerprint density at radius 2 is 1.92 bits per heavy atom. The molecule has 1 fully saturated rings. The van der Waals surface area contributed by atoms with Crippen molar-refractivity contribution < 1.29 is 4.79 Å². The summed E-state index contributed by atoms with van der Waals surface area (Å²) in [5.74, 6) is 0.0784. The summed E-state index contributed by atoms with van der Waals surface area (Å²) in [6, 6.07) is 0.776. The summed E-state index contributed by atoms with van der Waals surface area (Å²) < 4.78 is 0. The zero-order valence-corrected chi connectivity index (χ0v) is 7.92. The Morgan fingerprint density at radius 1 is 1.42 bits per heavy atom. The first-order chi connectivity index (χ1) is 5.66. The molecule has 0 aromatic heterocycles. The minimum Gasteiger partial charge on any atom is -0.334 e. The van der Waals surface area contributed by atoms with Crippen LogP contribution in [0.5, 0.6) is 0 Å². The number of likely N-dealkylation sites (tertiary alicyclic amines) is 1. The lowest BCUT2D eigenvalue weighted by Gasteiger charge is -2.38. The van der Waals surface area contributed by atoms with E-state index in [2.05, 4.69) is 20.4 Å². The minimum atomic E-state index is 0.0784. The summed E-state index contributed by atoms with van der Waals surface area (Å²) >= 11 is 0. The van der Waals surface area contributed by atoms with Crippen LogP contribution in [0.4, 0.5) is 0 Å². The molecule has 0 bridgehead atoms. The Balaban J connectivity index is 2.68. The molecule has 0 radical (unpaired) electrons. The highest BCUT2D eigenvalue weighted by molar-refractivity contribution is 5.87. The molecule has 2 heteroatoms. The number of amides is 1. The van der Waals surface area contributed by atoms with Crippen LogP contribution in [-0.2, 0) is 4.79 Å². The number of rotatable bonds is 1. The molecule has 68 valence electrons. The fraction of sp³-hybridized carbons (Fsp3) is 0.700. The summed E-state index contributed by atoms with van der Waals surface area (Å²) in [6.07, 6.45) is 4.91. The molecule has 0 aromatic carbocycles. The predicted octanol–water partition coefficient (Wildman–Crippen LogP) is 1.96. The molecule has 0 N–H and O–H groups in total. The second-order valence-corrected chi connectivity index (χ2v) is 3.58. The van der Waals surface area contributed by atoms with Gasteiger partial charge in [0.2, 0.25) is 5.91 Å². The van der Waals surface area contributed by atoms with Crippen molar-refractivity contribution in [1.29, 1.82) is 0 Å². The third-order valence-corrected chi connectivity index (χ3v) is 2.62. The van der Waals surface area contributed by atoms with Gasteiger partial charge < -0.3 is 4.90 Å². The third-order valence-electron chi connectivity index (χ3n) is 2.62. The highest BCUT2D eigenvalue weighted by Gasteiger charge is 2.26. The van der Waals surface area contributed by atoms with Crippen LogP contribution < -0.4 is 0 Å². The van der Waals surface area contributed by atoms with E-state index in [1.54, 1.807) is 0 Å². The van der Waals surface area contributed by atoms with Crippen molar-refractivity contribution in [2.75, 3.05) is 0 Å². The van der Waals surface area contributed by atoms with E-state index >= 15 is 0 Å². The largest absolute Gasteiger partial charge is 0.334 e. The molecule has 1 rings (SSSR count). The molecule has 1 heterocycles. The van der Waals surface area contributed by atoms with Gasteiger partial charge >= 0.3 is 0 Å². The maximum atomic E-state index is 11.4. The maximum Gasteiger partial charge on any atom is 0.246 e. The van der Waals surface area contributed by atoms with Crippen LogP contribution in [0.1, 0.15) is 33.1 Å². The van der Waals surface area contributed by atoms with Crippen LogP contribution in [0.25, 0.3) is 0 Å². The van der Waals surface area contributed by atoms with Crippen molar-refractivity contribution in [1.82, 2.24) is 4.90 Å². The van der Waals surface area contributed by atoms with E-state index in [9.17, 15) is 4.79 Å². The molecule has 1 saturated heterocycles. The Hall–Kier alpha value is -0.790. The molecular formula is C10H17NO. The fourth-order valence-electron chi connectivity index (χ4n) is 1.96. The van der Waals surface area contributed by atoms with Crippen molar-refractivity contribution in [2.24, 2.45) is 0 Å². The lowest BCUT2D eigenvalue weighted by Crippen LogP contribution is -2.46. The first-order valence-corrected chi connectivity index (χ1v) is 4.61. The van der Waals surface area contributed by atoms with E-state index < -0.39 is 0 Å². The van der Waals surface area contributed by atoms with Gasteiger partial charge in [-0.05, 0) is 39.2 Å². The topological polar surface area (TPSA) is 20.3 Å². The van der Waals surface area contributed by atoms with Crippen LogP contribution in [-0.4, -0.2) is 22.9 Å². The summed E-state index contributed by atoms with van der Waals surface area (Å²) in [5, 5.41) is 0. The van der Waals surface area contributed by atoms with Crippen molar-refractivity contribution in [2.45, 2.75) is 45.2 Å². The average molecular weight is 167 g/mol. The first-order valence-electron chi connectivity index (χ1n) is 4.61. The van der Waals surface area contributed by atoms with E-state index in [1.165, 1.54) is 12.5 Å². The molecule has 1 aliphatic rings. The van der Waals surface area contributed by atoms with Gasteiger partial charge in [-0.2, -0.15) is 0 Å². The molecule has 0 aliphatic carbocycles. The minimum absolute atomic E-state index is 0.0784. The van der Waals surface area contributed by atoms with Crippen LogP contribution in [0.2, 0.25) is 0 Å². The average Bonchev–Trinajstić information content (AvgIpc) is 2.03. The molecule has 2 atom stereocenters. The number of hydrogen-bond acceptors (Lipinski definition) is 1. The van der Waals surface area contributed by atoms with Gasteiger partial charge in [0.25, 0.3) is 0 Å². The lowest BCUT2D eigenvalue weighted by molar-refractivity contribution is -0.131. The number of nitrogens with zero attached hydrogens (tertiary/aromatic N) is 1. The zero-order chi connectivity index (χ0) is 9.14. The Labute approximate surface area is 74.2 Å². The van der Waals surface area contributed by atoms with E-state index in [4.69, 9.17) is 0 Å². The second kappa shape index (κ2) is 3.74. The molecule has 2 unspecified atom stereocenters. The quantitative estimate of drug-likeness (QED) is 0.547. The van der Waals surface area contributed by atoms with Gasteiger partial charge in [-0.3, -0.25) is 4.79 Å². The lowest BCUT2D eigenvalue weighted by atomic mass is 9.97. The van der Waals surface area contributed by atoms with Crippen molar-refractivity contribution in [3.05, 3.63) is 12.7 Å². The van der Waals surface area contributed by atoms with Gasteiger partial charge in [0.15, 0.2) is 0 Å². The fourth-order valence-corrected chi connectivity index (χ4v) is 1.96. The molecule has 0 aromatic rings. The summed E-state index contributed by atoms with van der Waals surface area (Å²) in [7, 11) is 0. The van der Waals surface area contributed by atoms with Gasteiger partial charge in [0.05, 0.1) is 0 Å². The first kappa shape index (κ1) is 9.30. The van der Waals surface area contributed by atoms with E-state index in [-0.39, 0.29) is 5.91 Å². The smallest absolute Gasteiger partial charge is 0.246 e. The summed E-state index contributed by atoms with van der Waals surface area (Å²) in [4.78, 5) is 13.3. The predicted molar refractivity (Wildman–Crippen MR) is 49.8 cm³/mol.